The number of nitrogens with zero attached hydrogens (tertiary/aromatic N) is 2. The second-order valence-electron chi connectivity index (χ2n) is 8.70. The van der Waals surface area contributed by atoms with Crippen molar-refractivity contribution < 1.29 is 9.53 Å². The monoisotopic (exact) mass is 401 g/mol. The molecule has 0 unspecified atom stereocenters. The number of pyridine rings is 1. The number of fused-ring (bicyclic) bond motifs is 2. The molecule has 0 bridgehead atoms. The Labute approximate surface area is 176 Å². The molecular formula is C25H27N3O2. The number of nitrogens with two attached hydrogens (primary N) is 1. The smallest absolute Gasteiger partial charge is 0.314 e. The molecule has 3 heterocycles. The molecule has 2 amide bonds. The molecule has 2 N–H and O–H groups in total. The summed E-state index contributed by atoms with van der Waals surface area (Å²) in [6, 6.07) is 12.6. The molecule has 0 atom stereocenters. The van der Waals surface area contributed by atoms with Crippen LogP contribution in [0.1, 0.15) is 36.0 Å². The van der Waals surface area contributed by atoms with Crippen LogP contribution in [0.2, 0.25) is 0 Å². The van der Waals surface area contributed by atoms with E-state index in [1.165, 1.54) is 33.2 Å². The highest BCUT2D eigenvalue weighted by Gasteiger charge is 2.40. The highest BCUT2D eigenvalue weighted by atomic mass is 16.5. The number of ether oxygens (including phenoxy) is 1. The number of amides is 2. The maximum Gasteiger partial charge on any atom is 0.314 e. The van der Waals surface area contributed by atoms with Crippen molar-refractivity contribution in [2.75, 3.05) is 13.1 Å². The molecule has 0 aliphatic carbocycles. The molecule has 154 valence electrons. The minimum Gasteiger partial charge on any atom is -0.487 e. The molecular weight excluding hydrogens is 374 g/mol. The molecule has 2 aliphatic heterocycles. The zero-order valence-electron chi connectivity index (χ0n) is 17.6. The SMILES string of the molecule is Cc1cc(-c2ccc3cccnc3c2C)cc2c1OC1(CC2)CCN(C(N)=O)CC1. The van der Waals surface area contributed by atoms with Crippen LogP contribution in [0.5, 0.6) is 5.75 Å². The van der Waals surface area contributed by atoms with Crippen LogP contribution >= 0.6 is 0 Å². The van der Waals surface area contributed by atoms with Gasteiger partial charge in [-0.3, -0.25) is 4.98 Å². The minimum atomic E-state index is -0.331. The third-order valence-corrected chi connectivity index (χ3v) is 6.85. The Morgan fingerprint density at radius 2 is 1.93 bits per heavy atom. The Bertz CT molecular complexity index is 1150. The molecule has 1 saturated heterocycles. The number of aromatic nitrogens is 1. The van der Waals surface area contributed by atoms with E-state index in [-0.39, 0.29) is 11.6 Å². The van der Waals surface area contributed by atoms with Gasteiger partial charge in [0.25, 0.3) is 0 Å². The van der Waals surface area contributed by atoms with Gasteiger partial charge in [-0.25, -0.2) is 4.79 Å². The van der Waals surface area contributed by atoms with Crippen molar-refractivity contribution in [2.24, 2.45) is 5.73 Å². The molecule has 2 aromatic carbocycles. The zero-order valence-corrected chi connectivity index (χ0v) is 17.6. The number of aryl methyl sites for hydroxylation is 3. The highest BCUT2D eigenvalue weighted by Crippen LogP contribution is 2.43. The van der Waals surface area contributed by atoms with Gasteiger partial charge in [0.05, 0.1) is 5.52 Å². The summed E-state index contributed by atoms with van der Waals surface area (Å²) in [7, 11) is 0. The molecule has 0 radical (unpaired) electrons. The van der Waals surface area contributed by atoms with E-state index in [4.69, 9.17) is 10.5 Å². The first-order chi connectivity index (χ1) is 14.5. The van der Waals surface area contributed by atoms with Crippen molar-refractivity contribution in [3.05, 3.63) is 59.3 Å². The van der Waals surface area contributed by atoms with Gasteiger partial charge in [-0.15, -0.1) is 0 Å². The molecule has 1 spiro atoms. The number of urea groups is 1. The average Bonchev–Trinajstić information content (AvgIpc) is 2.75. The normalized spacial score (nSPS) is 17.6. The fourth-order valence-electron chi connectivity index (χ4n) is 5.05. The van der Waals surface area contributed by atoms with Gasteiger partial charge in [-0.2, -0.15) is 0 Å². The van der Waals surface area contributed by atoms with Crippen LogP contribution in [0.15, 0.2) is 42.6 Å². The van der Waals surface area contributed by atoms with Crippen LogP contribution in [0.4, 0.5) is 4.79 Å². The number of hydrogen-bond acceptors (Lipinski definition) is 3. The number of primary amides is 1. The number of carbonyl (C=O) groups is 1. The summed E-state index contributed by atoms with van der Waals surface area (Å²) in [4.78, 5) is 17.8. The van der Waals surface area contributed by atoms with Crippen molar-refractivity contribution in [3.8, 4) is 16.9 Å². The van der Waals surface area contributed by atoms with Crippen LogP contribution in [-0.4, -0.2) is 34.6 Å². The van der Waals surface area contributed by atoms with Crippen molar-refractivity contribution >= 4 is 16.9 Å². The van der Waals surface area contributed by atoms with E-state index in [1.807, 2.05) is 12.3 Å². The molecule has 5 heteroatoms. The molecule has 5 nitrogen and oxygen atoms in total. The molecule has 2 aliphatic rings. The highest BCUT2D eigenvalue weighted by molar-refractivity contribution is 5.88. The number of benzene rings is 2. The van der Waals surface area contributed by atoms with Crippen LogP contribution in [0.25, 0.3) is 22.0 Å². The van der Waals surface area contributed by atoms with E-state index in [2.05, 4.69) is 49.2 Å². The third kappa shape index (κ3) is 3.09. The summed E-state index contributed by atoms with van der Waals surface area (Å²) in [6.07, 6.45) is 5.51. The Morgan fingerprint density at radius 1 is 1.13 bits per heavy atom. The van der Waals surface area contributed by atoms with Gasteiger partial charge in [0.2, 0.25) is 0 Å². The fourth-order valence-corrected chi connectivity index (χ4v) is 5.05. The van der Waals surface area contributed by atoms with Crippen LogP contribution in [0.3, 0.4) is 0 Å². The molecule has 5 rings (SSSR count). The lowest BCUT2D eigenvalue weighted by Gasteiger charge is -2.44. The summed E-state index contributed by atoms with van der Waals surface area (Å²) in [5.41, 5.74) is 12.4. The Kier molecular flexibility index (Phi) is 4.42. The number of likely N-dealkylation sites (tertiary alicyclic amines) is 1. The molecule has 1 fully saturated rings. The summed E-state index contributed by atoms with van der Waals surface area (Å²) in [6.45, 7) is 5.63. The standard InChI is InChI=1S/C25H27N3O2/c1-16-14-20(21-6-5-18-4-3-11-27-22(18)17(21)2)15-19-7-8-25(30-23(16)19)9-12-28(13-10-25)24(26)29/h3-6,11,14-15H,7-10,12-13H2,1-2H3,(H2,26,29). The summed E-state index contributed by atoms with van der Waals surface area (Å²) in [5.74, 6) is 1.02. The van der Waals surface area contributed by atoms with E-state index in [0.29, 0.717) is 13.1 Å². The summed E-state index contributed by atoms with van der Waals surface area (Å²) in [5, 5.41) is 1.17. The van der Waals surface area contributed by atoms with Crippen molar-refractivity contribution in [1.82, 2.24) is 9.88 Å². The van der Waals surface area contributed by atoms with Crippen molar-refractivity contribution in [2.45, 2.75) is 45.1 Å². The largest absolute Gasteiger partial charge is 0.487 e. The van der Waals surface area contributed by atoms with Gasteiger partial charge >= 0.3 is 6.03 Å². The van der Waals surface area contributed by atoms with Crippen LogP contribution < -0.4 is 10.5 Å². The lowest BCUT2D eigenvalue weighted by molar-refractivity contribution is -0.00529. The Morgan fingerprint density at radius 3 is 2.70 bits per heavy atom. The van der Waals surface area contributed by atoms with Gasteiger partial charge in [0.15, 0.2) is 0 Å². The van der Waals surface area contributed by atoms with Gasteiger partial charge < -0.3 is 15.4 Å². The van der Waals surface area contributed by atoms with Crippen LogP contribution in [-0.2, 0) is 6.42 Å². The van der Waals surface area contributed by atoms with Crippen molar-refractivity contribution in [3.63, 3.8) is 0 Å². The molecule has 0 saturated carbocycles. The van der Waals surface area contributed by atoms with E-state index in [9.17, 15) is 4.79 Å². The summed E-state index contributed by atoms with van der Waals surface area (Å²) < 4.78 is 6.62. The number of rotatable bonds is 1. The maximum absolute atomic E-state index is 11.5. The van der Waals surface area contributed by atoms with Crippen molar-refractivity contribution in [1.29, 1.82) is 0 Å². The van der Waals surface area contributed by atoms with Gasteiger partial charge in [0, 0.05) is 37.5 Å². The van der Waals surface area contributed by atoms with Gasteiger partial charge in [0.1, 0.15) is 11.4 Å². The zero-order chi connectivity index (χ0) is 20.9. The second-order valence-corrected chi connectivity index (χ2v) is 8.70. The maximum atomic E-state index is 11.5. The first-order valence-electron chi connectivity index (χ1n) is 10.7. The van der Waals surface area contributed by atoms with E-state index in [0.717, 1.165) is 36.9 Å². The number of piperidine rings is 1. The lowest BCUT2D eigenvalue weighted by atomic mass is 9.82. The first-order valence-corrected chi connectivity index (χ1v) is 10.7. The molecule has 30 heavy (non-hydrogen) atoms. The van der Waals surface area contributed by atoms with E-state index < -0.39 is 0 Å². The predicted molar refractivity (Wildman–Crippen MR) is 119 cm³/mol. The Balaban J connectivity index is 1.47. The molecule has 3 aromatic rings. The van der Waals surface area contributed by atoms with Crippen LogP contribution in [0, 0.1) is 13.8 Å². The minimum absolute atomic E-state index is 0.173. The quantitative estimate of drug-likeness (QED) is 0.639. The number of hydrogen-bond donors (Lipinski definition) is 1. The van der Waals surface area contributed by atoms with E-state index in [1.54, 1.807) is 4.90 Å². The predicted octanol–water partition coefficient (Wildman–Crippen LogP) is 4.76. The third-order valence-electron chi connectivity index (χ3n) is 6.85. The summed E-state index contributed by atoms with van der Waals surface area (Å²) >= 11 is 0. The topological polar surface area (TPSA) is 68.4 Å². The average molecular weight is 402 g/mol. The fraction of sp³-hybridized carbons (Fsp3) is 0.360. The molecule has 1 aromatic heterocycles. The van der Waals surface area contributed by atoms with Gasteiger partial charge in [-0.1, -0.05) is 18.2 Å². The second kappa shape index (κ2) is 7.01. The lowest BCUT2D eigenvalue weighted by Crippen LogP contribution is -2.52. The Hall–Kier alpha value is -3.08. The van der Waals surface area contributed by atoms with Gasteiger partial charge in [-0.05, 0) is 72.7 Å². The first kappa shape index (κ1) is 18.9. The number of carbonyl (C=O) groups excluding carboxylic acids is 1. The van der Waals surface area contributed by atoms with E-state index >= 15 is 0 Å².